The van der Waals surface area contributed by atoms with Crippen molar-refractivity contribution < 1.29 is 0 Å². The van der Waals surface area contributed by atoms with E-state index in [9.17, 15) is 0 Å². The van der Waals surface area contributed by atoms with Crippen molar-refractivity contribution in [1.29, 1.82) is 0 Å². The lowest BCUT2D eigenvalue weighted by molar-refractivity contribution is 1.08. The fourth-order valence-electron chi connectivity index (χ4n) is 2.38. The van der Waals surface area contributed by atoms with E-state index >= 15 is 0 Å². The second-order valence-corrected chi connectivity index (χ2v) is 7.44. The van der Waals surface area contributed by atoms with Gasteiger partial charge < -0.3 is 10.2 Å². The van der Waals surface area contributed by atoms with Gasteiger partial charge in [0.15, 0.2) is 0 Å². The molecule has 1 heterocycles. The number of aromatic nitrogens is 1. The van der Waals surface area contributed by atoms with Gasteiger partial charge in [0.05, 0.1) is 5.69 Å². The zero-order valence-electron chi connectivity index (χ0n) is 14.2. The number of hydrogen-bond acceptors (Lipinski definition) is 4. The topological polar surface area (TPSA) is 28.2 Å². The predicted octanol–water partition coefficient (Wildman–Crippen LogP) is 5.70. The maximum Gasteiger partial charge on any atom is 0.103 e. The van der Waals surface area contributed by atoms with Crippen LogP contribution in [0.25, 0.3) is 0 Å². The summed E-state index contributed by atoms with van der Waals surface area (Å²) in [4.78, 5) is 7.44. The summed E-state index contributed by atoms with van der Waals surface area (Å²) in [5.41, 5.74) is 3.38. The molecule has 0 fully saturated rings. The summed E-state index contributed by atoms with van der Waals surface area (Å²) in [7, 11) is 4.09. The van der Waals surface area contributed by atoms with Crippen molar-refractivity contribution in [2.75, 3.05) is 24.3 Å². The minimum absolute atomic E-state index is 0.0709. The first-order valence-electron chi connectivity index (χ1n) is 7.98. The summed E-state index contributed by atoms with van der Waals surface area (Å²) in [6, 6.07) is 20.5. The molecule has 3 nitrogen and oxygen atoms in total. The lowest BCUT2D eigenvalue weighted by atomic mass is 10.2. The highest BCUT2D eigenvalue weighted by Gasteiger charge is 2.14. The first-order valence-corrected chi connectivity index (χ1v) is 9.23. The van der Waals surface area contributed by atoms with Crippen LogP contribution in [0.4, 0.5) is 11.4 Å². The number of benzene rings is 2. The molecule has 3 aromatic rings. The number of anilines is 2. The van der Waals surface area contributed by atoms with Crippen molar-refractivity contribution >= 4 is 34.7 Å². The van der Waals surface area contributed by atoms with Crippen LogP contribution in [0.5, 0.6) is 0 Å². The standard InChI is InChI=1S/C20H20ClN3S/c1-24(2)18-9-5-15(6-10-18)20(23-17-4-3-13-22-14-17)25-19-11-7-16(21)8-12-19/h3-14,20,23H,1-2H3. The van der Waals surface area contributed by atoms with E-state index in [0.717, 1.165) is 15.6 Å². The fraction of sp³-hybridized carbons (Fsp3) is 0.150. The zero-order valence-corrected chi connectivity index (χ0v) is 15.8. The van der Waals surface area contributed by atoms with Gasteiger partial charge in [0.25, 0.3) is 0 Å². The molecule has 25 heavy (non-hydrogen) atoms. The first kappa shape index (κ1) is 17.6. The average Bonchev–Trinajstić information content (AvgIpc) is 2.64. The maximum atomic E-state index is 6.00. The van der Waals surface area contributed by atoms with E-state index in [1.165, 1.54) is 11.3 Å². The molecule has 2 aromatic carbocycles. The SMILES string of the molecule is CN(C)c1ccc(C(Nc2cccnc2)Sc2ccc(Cl)cc2)cc1. The second kappa shape index (κ2) is 8.28. The van der Waals surface area contributed by atoms with Crippen LogP contribution < -0.4 is 10.2 Å². The third kappa shape index (κ3) is 4.91. The van der Waals surface area contributed by atoms with Crippen LogP contribution in [-0.2, 0) is 0 Å². The Morgan fingerprint density at radius 2 is 1.72 bits per heavy atom. The summed E-state index contributed by atoms with van der Waals surface area (Å²) in [5, 5.41) is 4.38. The van der Waals surface area contributed by atoms with E-state index in [-0.39, 0.29) is 5.37 Å². The van der Waals surface area contributed by atoms with Crippen LogP contribution >= 0.6 is 23.4 Å². The van der Waals surface area contributed by atoms with E-state index in [4.69, 9.17) is 11.6 Å². The Labute approximate surface area is 158 Å². The van der Waals surface area contributed by atoms with Gasteiger partial charge in [0.1, 0.15) is 5.37 Å². The van der Waals surface area contributed by atoms with E-state index in [2.05, 4.69) is 39.5 Å². The second-order valence-electron chi connectivity index (χ2n) is 5.82. The van der Waals surface area contributed by atoms with Gasteiger partial charge in [0, 0.05) is 42.1 Å². The Morgan fingerprint density at radius 3 is 2.32 bits per heavy atom. The fourth-order valence-corrected chi connectivity index (χ4v) is 3.56. The van der Waals surface area contributed by atoms with Crippen LogP contribution in [-0.4, -0.2) is 19.1 Å². The molecule has 0 amide bonds. The van der Waals surface area contributed by atoms with Crippen LogP contribution in [0.3, 0.4) is 0 Å². The van der Waals surface area contributed by atoms with Crippen molar-refractivity contribution in [2.45, 2.75) is 10.3 Å². The van der Waals surface area contributed by atoms with E-state index < -0.39 is 0 Å². The largest absolute Gasteiger partial charge is 0.378 e. The molecule has 3 rings (SSSR count). The Morgan fingerprint density at radius 1 is 1.00 bits per heavy atom. The van der Waals surface area contributed by atoms with Gasteiger partial charge in [-0.1, -0.05) is 35.5 Å². The Kier molecular flexibility index (Phi) is 5.84. The summed E-state index contributed by atoms with van der Waals surface area (Å²) in [6.07, 6.45) is 3.61. The van der Waals surface area contributed by atoms with Crippen molar-refractivity contribution in [3.8, 4) is 0 Å². The predicted molar refractivity (Wildman–Crippen MR) is 109 cm³/mol. The first-order chi connectivity index (χ1) is 12.1. The van der Waals surface area contributed by atoms with Crippen LogP contribution in [0.15, 0.2) is 78.0 Å². The number of halogens is 1. The lowest BCUT2D eigenvalue weighted by Crippen LogP contribution is -2.10. The molecule has 0 bridgehead atoms. The van der Waals surface area contributed by atoms with E-state index in [0.29, 0.717) is 0 Å². The van der Waals surface area contributed by atoms with Gasteiger partial charge in [-0.3, -0.25) is 4.98 Å². The molecule has 1 N–H and O–H groups in total. The highest BCUT2D eigenvalue weighted by molar-refractivity contribution is 7.99. The molecule has 5 heteroatoms. The highest BCUT2D eigenvalue weighted by atomic mass is 35.5. The number of nitrogens with zero attached hydrogens (tertiary/aromatic N) is 2. The molecular weight excluding hydrogens is 350 g/mol. The number of nitrogens with one attached hydrogen (secondary N) is 1. The van der Waals surface area contributed by atoms with Gasteiger partial charge in [-0.05, 0) is 54.1 Å². The molecule has 0 aliphatic carbocycles. The Balaban J connectivity index is 1.86. The number of pyridine rings is 1. The number of thioether (sulfide) groups is 1. The molecule has 0 saturated heterocycles. The molecule has 0 saturated carbocycles. The summed E-state index contributed by atoms with van der Waals surface area (Å²) in [6.45, 7) is 0. The van der Waals surface area contributed by atoms with Crippen LogP contribution in [0.1, 0.15) is 10.9 Å². The third-order valence-electron chi connectivity index (χ3n) is 3.74. The van der Waals surface area contributed by atoms with Crippen LogP contribution in [0, 0.1) is 0 Å². The molecule has 0 aliphatic rings. The molecule has 1 unspecified atom stereocenters. The normalized spacial score (nSPS) is 11.8. The monoisotopic (exact) mass is 369 g/mol. The van der Waals surface area contributed by atoms with Crippen molar-refractivity contribution in [3.63, 3.8) is 0 Å². The molecule has 1 atom stereocenters. The Hall–Kier alpha value is -2.17. The molecular formula is C20H20ClN3S. The summed E-state index contributed by atoms with van der Waals surface area (Å²) < 4.78 is 0. The lowest BCUT2D eigenvalue weighted by Gasteiger charge is -2.21. The van der Waals surface area contributed by atoms with Crippen molar-refractivity contribution in [2.24, 2.45) is 0 Å². The maximum absolute atomic E-state index is 6.00. The zero-order chi connectivity index (χ0) is 17.6. The van der Waals surface area contributed by atoms with Gasteiger partial charge in [-0.15, -0.1) is 0 Å². The average molecular weight is 370 g/mol. The van der Waals surface area contributed by atoms with Gasteiger partial charge in [-0.25, -0.2) is 0 Å². The van der Waals surface area contributed by atoms with E-state index in [1.54, 1.807) is 18.0 Å². The quantitative estimate of drug-likeness (QED) is 0.445. The number of hydrogen-bond donors (Lipinski definition) is 1. The van der Waals surface area contributed by atoms with E-state index in [1.807, 2.05) is 56.7 Å². The number of rotatable bonds is 6. The molecule has 0 aliphatic heterocycles. The van der Waals surface area contributed by atoms with Gasteiger partial charge >= 0.3 is 0 Å². The molecule has 0 radical (unpaired) electrons. The minimum atomic E-state index is 0.0709. The summed E-state index contributed by atoms with van der Waals surface area (Å²) in [5.74, 6) is 0. The molecule has 0 spiro atoms. The third-order valence-corrected chi connectivity index (χ3v) is 5.16. The smallest absolute Gasteiger partial charge is 0.103 e. The Bertz CT molecular complexity index is 789. The highest BCUT2D eigenvalue weighted by Crippen LogP contribution is 2.36. The minimum Gasteiger partial charge on any atom is -0.378 e. The summed E-state index contributed by atoms with van der Waals surface area (Å²) >= 11 is 7.75. The van der Waals surface area contributed by atoms with Gasteiger partial charge in [-0.2, -0.15) is 0 Å². The van der Waals surface area contributed by atoms with Crippen molar-refractivity contribution in [1.82, 2.24) is 4.98 Å². The van der Waals surface area contributed by atoms with Crippen molar-refractivity contribution in [3.05, 3.63) is 83.6 Å². The molecule has 1 aromatic heterocycles. The van der Waals surface area contributed by atoms with Gasteiger partial charge in [0.2, 0.25) is 0 Å². The molecule has 128 valence electrons. The van der Waals surface area contributed by atoms with Crippen LogP contribution in [0.2, 0.25) is 5.02 Å².